The van der Waals surface area contributed by atoms with E-state index in [1.807, 2.05) is 0 Å². The van der Waals surface area contributed by atoms with Crippen molar-refractivity contribution in [1.29, 1.82) is 0 Å². The highest BCUT2D eigenvalue weighted by Crippen LogP contribution is 2.37. The Morgan fingerprint density at radius 3 is 2.38 bits per heavy atom. The summed E-state index contributed by atoms with van der Waals surface area (Å²) < 4.78 is 0.633. The fourth-order valence-corrected chi connectivity index (χ4v) is 3.41. The zero-order valence-electron chi connectivity index (χ0n) is 11.0. The third-order valence-electron chi connectivity index (χ3n) is 3.71. The van der Waals surface area contributed by atoms with Gasteiger partial charge in [-0.05, 0) is 40.9 Å². The van der Waals surface area contributed by atoms with Gasteiger partial charge in [0.2, 0.25) is 5.91 Å². The fraction of sp³-hybridized carbons (Fsp3) is 0.429. The van der Waals surface area contributed by atoms with Crippen LogP contribution in [0.2, 0.25) is 10.0 Å². The number of nitrogens with one attached hydrogen (secondary N) is 1. The van der Waals surface area contributed by atoms with E-state index >= 15 is 0 Å². The van der Waals surface area contributed by atoms with Crippen LogP contribution < -0.4 is 5.32 Å². The predicted molar refractivity (Wildman–Crippen MR) is 85.9 cm³/mol. The van der Waals surface area contributed by atoms with Crippen LogP contribution in [0.5, 0.6) is 0 Å². The minimum Gasteiger partial charge on any atom is -0.481 e. The zero-order valence-corrected chi connectivity index (χ0v) is 14.1. The summed E-state index contributed by atoms with van der Waals surface area (Å²) in [6, 6.07) is 3.31. The molecular formula is C14H14BrCl2NO3. The number of hydrogen-bond donors (Lipinski definition) is 2. The highest BCUT2D eigenvalue weighted by atomic mass is 79.9. The molecule has 0 saturated heterocycles. The molecule has 1 fully saturated rings. The summed E-state index contributed by atoms with van der Waals surface area (Å²) in [5.41, 5.74) is 0.393. The molecule has 0 bridgehead atoms. The molecule has 2 rings (SSSR count). The number of hydrogen-bond acceptors (Lipinski definition) is 2. The molecule has 1 aliphatic carbocycles. The summed E-state index contributed by atoms with van der Waals surface area (Å²) in [4.78, 5) is 23.6. The SMILES string of the molecule is O=C(O)[C@H]1CCCC[C@H]1C(=O)Nc1ccc(Br)c(Cl)c1Cl. The number of aliphatic carboxylic acids is 1. The van der Waals surface area contributed by atoms with Crippen molar-refractivity contribution in [2.24, 2.45) is 11.8 Å². The molecule has 0 aliphatic heterocycles. The van der Waals surface area contributed by atoms with Crippen LogP contribution in [-0.4, -0.2) is 17.0 Å². The number of carboxylic acids is 1. The lowest BCUT2D eigenvalue weighted by Gasteiger charge is -2.27. The van der Waals surface area contributed by atoms with Crippen molar-refractivity contribution in [3.63, 3.8) is 0 Å². The Hall–Kier alpha value is -0.780. The fourth-order valence-electron chi connectivity index (χ4n) is 2.59. The highest BCUT2D eigenvalue weighted by Gasteiger charge is 2.35. The zero-order chi connectivity index (χ0) is 15.6. The summed E-state index contributed by atoms with van der Waals surface area (Å²) in [7, 11) is 0. The van der Waals surface area contributed by atoms with Crippen LogP contribution >= 0.6 is 39.1 Å². The summed E-state index contributed by atoms with van der Waals surface area (Å²) >= 11 is 15.3. The molecule has 0 aromatic heterocycles. The molecule has 1 amide bonds. The van der Waals surface area contributed by atoms with Crippen molar-refractivity contribution < 1.29 is 14.7 Å². The lowest BCUT2D eigenvalue weighted by atomic mass is 9.78. The van der Waals surface area contributed by atoms with E-state index in [0.29, 0.717) is 28.0 Å². The van der Waals surface area contributed by atoms with Gasteiger partial charge in [-0.25, -0.2) is 0 Å². The molecular weight excluding hydrogens is 381 g/mol. The normalized spacial score (nSPS) is 21.9. The van der Waals surface area contributed by atoms with Crippen molar-refractivity contribution in [1.82, 2.24) is 0 Å². The summed E-state index contributed by atoms with van der Waals surface area (Å²) in [5, 5.41) is 12.5. The van der Waals surface area contributed by atoms with E-state index in [1.165, 1.54) is 0 Å². The molecule has 0 radical (unpaired) electrons. The third kappa shape index (κ3) is 3.71. The summed E-state index contributed by atoms with van der Waals surface area (Å²) in [6.45, 7) is 0. The van der Waals surface area contributed by atoms with Crippen molar-refractivity contribution in [2.75, 3.05) is 5.32 Å². The first kappa shape index (κ1) is 16.6. The average Bonchev–Trinajstić information content (AvgIpc) is 2.47. The van der Waals surface area contributed by atoms with Gasteiger partial charge in [0.25, 0.3) is 0 Å². The minimum atomic E-state index is -0.921. The maximum atomic E-state index is 12.3. The molecule has 0 spiro atoms. The molecule has 114 valence electrons. The molecule has 1 aromatic carbocycles. The van der Waals surface area contributed by atoms with Crippen molar-refractivity contribution in [3.8, 4) is 0 Å². The maximum absolute atomic E-state index is 12.3. The molecule has 0 heterocycles. The van der Waals surface area contributed by atoms with E-state index in [2.05, 4.69) is 21.2 Å². The lowest BCUT2D eigenvalue weighted by Crippen LogP contribution is -2.36. The van der Waals surface area contributed by atoms with Gasteiger partial charge in [-0.2, -0.15) is 0 Å². The number of rotatable bonds is 3. The van der Waals surface area contributed by atoms with Gasteiger partial charge in [0.05, 0.1) is 27.6 Å². The molecule has 7 heteroatoms. The van der Waals surface area contributed by atoms with Crippen molar-refractivity contribution >= 4 is 56.7 Å². The Kier molecular flexibility index (Phi) is 5.52. The maximum Gasteiger partial charge on any atom is 0.307 e. The Morgan fingerprint density at radius 2 is 1.76 bits per heavy atom. The van der Waals surface area contributed by atoms with Gasteiger partial charge in [0.15, 0.2) is 0 Å². The van der Waals surface area contributed by atoms with Gasteiger partial charge < -0.3 is 10.4 Å². The van der Waals surface area contributed by atoms with Crippen LogP contribution in [0.4, 0.5) is 5.69 Å². The molecule has 2 N–H and O–H groups in total. The Balaban J connectivity index is 2.17. The van der Waals surface area contributed by atoms with Crippen LogP contribution in [0.1, 0.15) is 25.7 Å². The third-order valence-corrected chi connectivity index (χ3v) is 5.48. The van der Waals surface area contributed by atoms with E-state index in [4.69, 9.17) is 23.2 Å². The second kappa shape index (κ2) is 6.99. The molecule has 21 heavy (non-hydrogen) atoms. The number of carbonyl (C=O) groups excluding carboxylic acids is 1. The van der Waals surface area contributed by atoms with E-state index < -0.39 is 17.8 Å². The number of halogens is 3. The first-order valence-corrected chi connectivity index (χ1v) is 8.14. The number of benzene rings is 1. The van der Waals surface area contributed by atoms with Gasteiger partial charge in [0, 0.05) is 4.47 Å². The highest BCUT2D eigenvalue weighted by molar-refractivity contribution is 9.10. The summed E-state index contributed by atoms with van der Waals surface area (Å²) in [6.07, 6.45) is 2.80. The molecule has 0 unspecified atom stereocenters. The molecule has 1 aromatic rings. The number of amides is 1. The second-order valence-corrected chi connectivity index (χ2v) is 6.66. The predicted octanol–water partition coefficient (Wildman–Crippen LogP) is 4.59. The molecule has 1 saturated carbocycles. The van der Waals surface area contributed by atoms with Crippen LogP contribution in [0.25, 0.3) is 0 Å². The Bertz CT molecular complexity index is 580. The minimum absolute atomic E-state index is 0.238. The van der Waals surface area contributed by atoms with Crippen LogP contribution in [-0.2, 0) is 9.59 Å². The molecule has 1 aliphatic rings. The quantitative estimate of drug-likeness (QED) is 0.737. The van der Waals surface area contributed by atoms with E-state index in [0.717, 1.165) is 12.8 Å². The van der Waals surface area contributed by atoms with Crippen molar-refractivity contribution in [3.05, 3.63) is 26.7 Å². The topological polar surface area (TPSA) is 66.4 Å². The van der Waals surface area contributed by atoms with Gasteiger partial charge in [-0.15, -0.1) is 0 Å². The smallest absolute Gasteiger partial charge is 0.307 e. The van der Waals surface area contributed by atoms with Crippen LogP contribution in [0.3, 0.4) is 0 Å². The van der Waals surface area contributed by atoms with Gasteiger partial charge in [-0.3, -0.25) is 9.59 Å². The van der Waals surface area contributed by atoms with Gasteiger partial charge in [-0.1, -0.05) is 36.0 Å². The molecule has 2 atom stereocenters. The average molecular weight is 395 g/mol. The Labute approximate surface area is 140 Å². The largest absolute Gasteiger partial charge is 0.481 e. The second-order valence-electron chi connectivity index (χ2n) is 5.05. The van der Waals surface area contributed by atoms with E-state index in [-0.39, 0.29) is 10.9 Å². The number of carbonyl (C=O) groups is 2. The number of carboxylic acid groups (broad SMARTS) is 1. The summed E-state index contributed by atoms with van der Waals surface area (Å²) in [5.74, 6) is -2.41. The molecule has 4 nitrogen and oxygen atoms in total. The Morgan fingerprint density at radius 1 is 1.14 bits per heavy atom. The standard InChI is InChI=1S/C14H14BrCl2NO3/c15-9-5-6-10(12(17)11(9)16)18-13(19)7-3-1-2-4-8(7)14(20)21/h5-8H,1-4H2,(H,18,19)(H,20,21)/t7-,8+/m1/s1. The van der Waals surface area contributed by atoms with Crippen LogP contribution in [0, 0.1) is 11.8 Å². The lowest BCUT2D eigenvalue weighted by molar-refractivity contribution is -0.147. The van der Waals surface area contributed by atoms with E-state index in [9.17, 15) is 14.7 Å². The van der Waals surface area contributed by atoms with E-state index in [1.54, 1.807) is 12.1 Å². The van der Waals surface area contributed by atoms with Crippen molar-refractivity contribution in [2.45, 2.75) is 25.7 Å². The monoisotopic (exact) mass is 393 g/mol. The van der Waals surface area contributed by atoms with Gasteiger partial charge in [0.1, 0.15) is 0 Å². The first-order valence-electron chi connectivity index (χ1n) is 6.59. The van der Waals surface area contributed by atoms with Crippen LogP contribution in [0.15, 0.2) is 16.6 Å². The van der Waals surface area contributed by atoms with Gasteiger partial charge >= 0.3 is 5.97 Å². The first-order chi connectivity index (χ1) is 9.91. The number of anilines is 1.